The predicted molar refractivity (Wildman–Crippen MR) is 218 cm³/mol. The predicted octanol–water partition coefficient (Wildman–Crippen LogP) is 12.9. The van der Waals surface area contributed by atoms with Gasteiger partial charge in [0, 0.05) is 19.0 Å². The number of nitrogens with zero attached hydrogens (tertiary/aromatic N) is 1. The van der Waals surface area contributed by atoms with Gasteiger partial charge in [0.1, 0.15) is 0 Å². The van der Waals surface area contributed by atoms with Crippen LogP contribution >= 0.6 is 0 Å². The molecule has 0 aromatic heterocycles. The van der Waals surface area contributed by atoms with Gasteiger partial charge in [-0.1, -0.05) is 175 Å². The molecule has 6 heteroatoms. The Morgan fingerprint density at radius 3 is 1.41 bits per heavy atom. The monoisotopic (exact) mass is 724 g/mol. The molecule has 0 heterocycles. The van der Waals surface area contributed by atoms with Crippen LogP contribution < -0.4 is 0 Å². The molecule has 0 spiro atoms. The van der Waals surface area contributed by atoms with Crippen LogP contribution in [0.3, 0.4) is 0 Å². The first kappa shape index (κ1) is 49.9. The van der Waals surface area contributed by atoms with E-state index in [0.717, 1.165) is 83.7 Å². The summed E-state index contributed by atoms with van der Waals surface area (Å²) in [6, 6.07) is 0.499. The maximum Gasteiger partial charge on any atom is 0.308 e. The van der Waals surface area contributed by atoms with Crippen molar-refractivity contribution in [3.63, 3.8) is 0 Å². The molecule has 0 aromatic carbocycles. The van der Waals surface area contributed by atoms with E-state index in [2.05, 4.69) is 32.6 Å². The second-order valence-electron chi connectivity index (χ2n) is 15.6. The third-order valence-electron chi connectivity index (χ3n) is 10.8. The van der Waals surface area contributed by atoms with Gasteiger partial charge < -0.3 is 14.6 Å². The minimum Gasteiger partial charge on any atom is -0.466 e. The molecule has 1 unspecified atom stereocenters. The van der Waals surface area contributed by atoms with Crippen molar-refractivity contribution in [2.24, 2.45) is 5.92 Å². The van der Waals surface area contributed by atoms with Gasteiger partial charge >= 0.3 is 11.9 Å². The largest absolute Gasteiger partial charge is 0.466 e. The van der Waals surface area contributed by atoms with Crippen molar-refractivity contribution in [3.05, 3.63) is 0 Å². The molecule has 0 bridgehead atoms. The molecule has 0 saturated carbocycles. The minimum absolute atomic E-state index is 0.0216. The second-order valence-corrected chi connectivity index (χ2v) is 15.6. The van der Waals surface area contributed by atoms with Crippen LogP contribution in [0.4, 0.5) is 0 Å². The SMILES string of the molecule is CCCCCCCCC(CCCCCCCC)C(=O)OCCCCCCCN(CCO)C(C)CCCCCCCCOC(=O)CCCCCCC. The van der Waals surface area contributed by atoms with E-state index < -0.39 is 0 Å². The van der Waals surface area contributed by atoms with Crippen molar-refractivity contribution in [2.45, 2.75) is 239 Å². The van der Waals surface area contributed by atoms with E-state index in [1.165, 1.54) is 128 Å². The Bertz CT molecular complexity index is 715. The Balaban J connectivity index is 4.03. The molecule has 0 aliphatic carbocycles. The summed E-state index contributed by atoms with van der Waals surface area (Å²) in [5, 5.41) is 9.66. The number of esters is 2. The molecule has 51 heavy (non-hydrogen) atoms. The summed E-state index contributed by atoms with van der Waals surface area (Å²) in [6.07, 6.45) is 37.5. The van der Waals surface area contributed by atoms with Crippen molar-refractivity contribution in [1.82, 2.24) is 4.90 Å². The van der Waals surface area contributed by atoms with Gasteiger partial charge in [-0.05, 0) is 58.4 Å². The standard InChI is InChI=1S/C45H89NO5/c1-5-8-11-14-21-27-34-43(35-28-22-15-12-9-6-2)45(49)51-41-32-25-18-23-30-37-46(38-39-47)42(4)33-26-20-16-17-24-31-40-50-44(48)36-29-19-13-10-7-3/h42-43,47H,5-41H2,1-4H3. The Morgan fingerprint density at radius 1 is 0.490 bits per heavy atom. The van der Waals surface area contributed by atoms with Gasteiger partial charge in [0.2, 0.25) is 0 Å². The average Bonchev–Trinajstić information content (AvgIpc) is 3.13. The van der Waals surface area contributed by atoms with Gasteiger partial charge in [-0.2, -0.15) is 0 Å². The number of ether oxygens (including phenoxy) is 2. The lowest BCUT2D eigenvalue weighted by Crippen LogP contribution is -2.36. The van der Waals surface area contributed by atoms with E-state index in [1.807, 2.05) is 0 Å². The third kappa shape index (κ3) is 34.4. The molecule has 0 amide bonds. The van der Waals surface area contributed by atoms with E-state index in [0.29, 0.717) is 25.7 Å². The van der Waals surface area contributed by atoms with Crippen LogP contribution in [0.1, 0.15) is 233 Å². The molecule has 0 aromatic rings. The van der Waals surface area contributed by atoms with Crippen LogP contribution in [0.25, 0.3) is 0 Å². The van der Waals surface area contributed by atoms with Crippen LogP contribution in [0, 0.1) is 5.92 Å². The smallest absolute Gasteiger partial charge is 0.308 e. The van der Waals surface area contributed by atoms with Gasteiger partial charge in [-0.25, -0.2) is 0 Å². The summed E-state index contributed by atoms with van der Waals surface area (Å²) in [7, 11) is 0. The lowest BCUT2D eigenvalue weighted by molar-refractivity contribution is -0.149. The first-order chi connectivity index (χ1) is 25.0. The lowest BCUT2D eigenvalue weighted by Gasteiger charge is -2.28. The number of aliphatic hydroxyl groups excluding tert-OH is 1. The van der Waals surface area contributed by atoms with Gasteiger partial charge in [-0.15, -0.1) is 0 Å². The molecule has 0 aliphatic rings. The lowest BCUT2D eigenvalue weighted by atomic mass is 9.94. The molecular weight excluding hydrogens is 634 g/mol. The summed E-state index contributed by atoms with van der Waals surface area (Å²) in [4.78, 5) is 27.3. The van der Waals surface area contributed by atoms with Crippen LogP contribution in [0.15, 0.2) is 0 Å². The Morgan fingerprint density at radius 2 is 0.902 bits per heavy atom. The van der Waals surface area contributed by atoms with Crippen LogP contribution in [-0.4, -0.2) is 60.9 Å². The summed E-state index contributed by atoms with van der Waals surface area (Å²) >= 11 is 0. The maximum atomic E-state index is 13.0. The number of aliphatic hydroxyl groups is 1. The second kappa shape index (κ2) is 40.1. The quantitative estimate of drug-likeness (QED) is 0.0500. The fourth-order valence-electron chi connectivity index (χ4n) is 7.20. The number of carbonyl (C=O) groups excluding carboxylic acids is 2. The Labute approximate surface area is 318 Å². The number of unbranched alkanes of at least 4 members (excludes halogenated alkanes) is 23. The molecule has 0 fully saturated rings. The van der Waals surface area contributed by atoms with E-state index in [9.17, 15) is 14.7 Å². The van der Waals surface area contributed by atoms with E-state index >= 15 is 0 Å². The van der Waals surface area contributed by atoms with Crippen molar-refractivity contribution < 1.29 is 24.2 Å². The van der Waals surface area contributed by atoms with Gasteiger partial charge in [0.15, 0.2) is 0 Å². The molecular formula is C45H89NO5. The van der Waals surface area contributed by atoms with Crippen molar-refractivity contribution in [3.8, 4) is 0 Å². The zero-order valence-corrected chi connectivity index (χ0v) is 34.8. The highest BCUT2D eigenvalue weighted by atomic mass is 16.5. The van der Waals surface area contributed by atoms with E-state index in [-0.39, 0.29) is 24.5 Å². The normalized spacial score (nSPS) is 12.2. The number of rotatable bonds is 41. The minimum atomic E-state index is -0.0216. The summed E-state index contributed by atoms with van der Waals surface area (Å²) < 4.78 is 11.2. The zero-order valence-electron chi connectivity index (χ0n) is 34.8. The summed E-state index contributed by atoms with van der Waals surface area (Å²) in [6.45, 7) is 12.2. The molecule has 1 atom stereocenters. The fraction of sp³-hybridized carbons (Fsp3) is 0.956. The van der Waals surface area contributed by atoms with Gasteiger partial charge in [0.25, 0.3) is 0 Å². The zero-order chi connectivity index (χ0) is 37.5. The molecule has 0 radical (unpaired) electrons. The number of carbonyl (C=O) groups is 2. The van der Waals surface area contributed by atoms with Crippen LogP contribution in [0.2, 0.25) is 0 Å². The average molecular weight is 724 g/mol. The highest BCUT2D eigenvalue weighted by Gasteiger charge is 2.19. The van der Waals surface area contributed by atoms with Crippen molar-refractivity contribution in [2.75, 3.05) is 32.9 Å². The maximum absolute atomic E-state index is 13.0. The topological polar surface area (TPSA) is 76.1 Å². The first-order valence-corrected chi connectivity index (χ1v) is 22.7. The summed E-state index contributed by atoms with van der Waals surface area (Å²) in [5.41, 5.74) is 0. The molecule has 0 saturated heterocycles. The van der Waals surface area contributed by atoms with Crippen molar-refractivity contribution in [1.29, 1.82) is 0 Å². The van der Waals surface area contributed by atoms with Gasteiger partial charge in [-0.3, -0.25) is 14.5 Å². The number of hydrogen-bond donors (Lipinski definition) is 1. The summed E-state index contributed by atoms with van der Waals surface area (Å²) in [5.74, 6) is 0.137. The number of hydrogen-bond acceptors (Lipinski definition) is 6. The van der Waals surface area contributed by atoms with E-state index in [1.54, 1.807) is 0 Å². The van der Waals surface area contributed by atoms with Crippen LogP contribution in [-0.2, 0) is 19.1 Å². The van der Waals surface area contributed by atoms with E-state index in [4.69, 9.17) is 9.47 Å². The molecule has 0 rings (SSSR count). The van der Waals surface area contributed by atoms with Crippen molar-refractivity contribution >= 4 is 11.9 Å². The fourth-order valence-corrected chi connectivity index (χ4v) is 7.20. The first-order valence-electron chi connectivity index (χ1n) is 22.7. The molecule has 304 valence electrons. The molecule has 0 aliphatic heterocycles. The Hall–Kier alpha value is -1.14. The molecule has 6 nitrogen and oxygen atoms in total. The Kier molecular flexibility index (Phi) is 39.2. The van der Waals surface area contributed by atoms with Crippen LogP contribution in [0.5, 0.6) is 0 Å². The highest BCUT2D eigenvalue weighted by Crippen LogP contribution is 2.21. The highest BCUT2D eigenvalue weighted by molar-refractivity contribution is 5.72. The van der Waals surface area contributed by atoms with Gasteiger partial charge in [0.05, 0.1) is 25.7 Å². The molecule has 1 N–H and O–H groups in total. The third-order valence-corrected chi connectivity index (χ3v) is 10.8.